The van der Waals surface area contributed by atoms with Crippen LogP contribution in [-0.2, 0) is 32.0 Å². The number of Topliss-reactive ketones (excluding diaryl/α,β-unsaturated/α-hetero) is 1. The number of carbonyl (C=O) groups is 4. The van der Waals surface area contributed by atoms with Crippen molar-refractivity contribution in [2.45, 2.75) is 44.8 Å². The van der Waals surface area contributed by atoms with Crippen molar-refractivity contribution in [1.82, 2.24) is 5.32 Å². The Labute approximate surface area is 211 Å². The molecule has 0 aromatic heterocycles. The van der Waals surface area contributed by atoms with Crippen LogP contribution in [0.2, 0.25) is 0 Å². The maximum atomic E-state index is 14.8. The first-order valence-electron chi connectivity index (χ1n) is 11.7. The first-order valence-corrected chi connectivity index (χ1v) is 11.7. The molecule has 0 radical (unpaired) electrons. The van der Waals surface area contributed by atoms with Gasteiger partial charge in [-0.2, -0.15) is 0 Å². The Morgan fingerprint density at radius 2 is 1.51 bits per heavy atom. The van der Waals surface area contributed by atoms with Gasteiger partial charge >= 0.3 is 18.0 Å². The molecule has 2 fully saturated rings. The Bertz CT molecular complexity index is 1290. The van der Waals surface area contributed by atoms with Crippen molar-refractivity contribution in [2.75, 3.05) is 0 Å². The van der Waals surface area contributed by atoms with Crippen molar-refractivity contribution in [3.8, 4) is 0 Å². The SMILES string of the molecule is CC(C)(C)OC(=O)N[C@@]1(C(=O)O)C(Cc2ccccc2F)C(=O)[C@@H]2[C@@H](C(=O)O)[C@]21Cc1ccccc1F. The summed E-state index contributed by atoms with van der Waals surface area (Å²) < 4.78 is 34.6. The zero-order chi connectivity index (χ0) is 27.3. The fourth-order valence-electron chi connectivity index (χ4n) is 5.99. The van der Waals surface area contributed by atoms with E-state index in [0.717, 1.165) is 12.1 Å². The summed E-state index contributed by atoms with van der Waals surface area (Å²) in [5.74, 6) is -9.67. The molecule has 0 spiro atoms. The minimum Gasteiger partial charge on any atom is -0.481 e. The van der Waals surface area contributed by atoms with E-state index in [2.05, 4.69) is 5.32 Å². The van der Waals surface area contributed by atoms with Gasteiger partial charge in [0.05, 0.1) is 11.8 Å². The van der Waals surface area contributed by atoms with Crippen LogP contribution in [0.25, 0.3) is 0 Å². The van der Waals surface area contributed by atoms with Crippen LogP contribution < -0.4 is 5.32 Å². The molecule has 2 aromatic rings. The molecule has 0 saturated heterocycles. The highest BCUT2D eigenvalue weighted by molar-refractivity contribution is 6.07. The Morgan fingerprint density at radius 3 is 2.00 bits per heavy atom. The van der Waals surface area contributed by atoms with Gasteiger partial charge in [-0.15, -0.1) is 0 Å². The molecule has 5 atom stereocenters. The second-order valence-electron chi connectivity index (χ2n) is 10.6. The molecular weight excluding hydrogens is 488 g/mol. The average Bonchev–Trinajstić information content (AvgIpc) is 3.42. The maximum Gasteiger partial charge on any atom is 0.408 e. The standard InChI is InChI=1S/C27H27F2NO7/c1-25(2,3)37-24(36)30-27(23(34)35)16(12-14-8-4-6-10-17(14)28)21(31)19-20(22(32)33)26(19,27)13-15-9-5-7-11-18(15)29/h4-11,16,19-20H,12-13H2,1-3H3,(H,30,36)(H,32,33)(H,34,35)/t16?,19-,20-,26-,27+/m0/s1. The van der Waals surface area contributed by atoms with Crippen molar-refractivity contribution in [2.24, 2.45) is 23.2 Å². The molecule has 8 nitrogen and oxygen atoms in total. The highest BCUT2D eigenvalue weighted by atomic mass is 19.1. The molecule has 2 saturated carbocycles. The van der Waals surface area contributed by atoms with Crippen LogP contribution in [-0.4, -0.2) is 45.2 Å². The molecule has 0 aliphatic heterocycles. The number of benzene rings is 2. The van der Waals surface area contributed by atoms with E-state index in [0.29, 0.717) is 0 Å². The molecule has 3 N–H and O–H groups in total. The van der Waals surface area contributed by atoms with Crippen molar-refractivity contribution >= 4 is 23.8 Å². The Hall–Kier alpha value is -3.82. The summed E-state index contributed by atoms with van der Waals surface area (Å²) in [4.78, 5) is 52.1. The normalized spacial score (nSPS) is 28.4. The molecule has 0 heterocycles. The van der Waals surface area contributed by atoms with Crippen molar-refractivity contribution in [1.29, 1.82) is 0 Å². The monoisotopic (exact) mass is 515 g/mol. The van der Waals surface area contributed by atoms with Gasteiger partial charge < -0.3 is 20.3 Å². The predicted molar refractivity (Wildman–Crippen MR) is 125 cm³/mol. The quantitative estimate of drug-likeness (QED) is 0.514. The molecule has 1 amide bonds. The number of halogens is 2. The van der Waals surface area contributed by atoms with Gasteiger partial charge in [0.1, 0.15) is 23.0 Å². The average molecular weight is 516 g/mol. The molecule has 1 unspecified atom stereocenters. The van der Waals surface area contributed by atoms with Crippen LogP contribution in [0.4, 0.5) is 13.6 Å². The van der Waals surface area contributed by atoms with Crippen LogP contribution in [0.5, 0.6) is 0 Å². The van der Waals surface area contributed by atoms with Gasteiger partial charge in [-0.25, -0.2) is 18.4 Å². The number of alkyl carbamates (subject to hydrolysis) is 1. The molecular formula is C27H27F2NO7. The van der Waals surface area contributed by atoms with Gasteiger partial charge in [0.15, 0.2) is 5.54 Å². The van der Waals surface area contributed by atoms with Crippen LogP contribution in [0.3, 0.4) is 0 Å². The van der Waals surface area contributed by atoms with E-state index in [9.17, 15) is 38.2 Å². The van der Waals surface area contributed by atoms with Crippen molar-refractivity contribution in [3.63, 3.8) is 0 Å². The number of ketones is 1. The maximum absolute atomic E-state index is 14.8. The van der Waals surface area contributed by atoms with E-state index in [1.807, 2.05) is 0 Å². The van der Waals surface area contributed by atoms with E-state index in [-0.39, 0.29) is 11.1 Å². The second kappa shape index (κ2) is 8.93. The zero-order valence-electron chi connectivity index (χ0n) is 20.5. The van der Waals surface area contributed by atoms with Gasteiger partial charge in [0.2, 0.25) is 0 Å². The number of hydrogen-bond donors (Lipinski definition) is 3. The summed E-state index contributed by atoms with van der Waals surface area (Å²) in [6.07, 6.45) is -2.07. The molecule has 2 aliphatic carbocycles. The number of carboxylic acid groups (broad SMARTS) is 2. The minimum absolute atomic E-state index is 0.00722. The lowest BCUT2D eigenvalue weighted by molar-refractivity contribution is -0.155. The smallest absolute Gasteiger partial charge is 0.408 e. The lowest BCUT2D eigenvalue weighted by Crippen LogP contribution is -2.66. The van der Waals surface area contributed by atoms with Crippen LogP contribution in [0, 0.1) is 34.8 Å². The van der Waals surface area contributed by atoms with Crippen molar-refractivity contribution < 1.29 is 42.9 Å². The summed E-state index contributed by atoms with van der Waals surface area (Å²) in [5, 5.41) is 23.0. The largest absolute Gasteiger partial charge is 0.481 e. The molecule has 0 bridgehead atoms. The highest BCUT2D eigenvalue weighted by Gasteiger charge is 2.89. The predicted octanol–water partition coefficient (Wildman–Crippen LogP) is 3.61. The summed E-state index contributed by atoms with van der Waals surface area (Å²) in [6.45, 7) is 4.64. The minimum atomic E-state index is -2.52. The Balaban J connectivity index is 1.92. The number of carbonyl (C=O) groups excluding carboxylic acids is 2. The van der Waals surface area contributed by atoms with Gasteiger partial charge in [-0.3, -0.25) is 9.59 Å². The van der Waals surface area contributed by atoms with E-state index in [4.69, 9.17) is 4.74 Å². The molecule has 2 aromatic carbocycles. The van der Waals surface area contributed by atoms with Crippen LogP contribution in [0.15, 0.2) is 48.5 Å². The number of nitrogens with one attached hydrogen (secondary N) is 1. The number of hydrogen-bond acceptors (Lipinski definition) is 5. The first-order chi connectivity index (χ1) is 17.3. The third-order valence-electron chi connectivity index (χ3n) is 7.37. The van der Waals surface area contributed by atoms with Crippen LogP contribution >= 0.6 is 0 Å². The van der Waals surface area contributed by atoms with E-state index in [1.165, 1.54) is 36.4 Å². The topological polar surface area (TPSA) is 130 Å². The van der Waals surface area contributed by atoms with E-state index >= 15 is 0 Å². The van der Waals surface area contributed by atoms with Gasteiger partial charge in [0.25, 0.3) is 0 Å². The number of rotatable bonds is 7. The fourth-order valence-corrected chi connectivity index (χ4v) is 5.99. The van der Waals surface area contributed by atoms with Crippen LogP contribution in [0.1, 0.15) is 31.9 Å². The summed E-state index contributed by atoms with van der Waals surface area (Å²) in [5.41, 5.74) is -5.48. The third-order valence-corrected chi connectivity index (χ3v) is 7.37. The first kappa shape index (κ1) is 26.2. The number of carboxylic acids is 2. The number of amides is 1. The van der Waals surface area contributed by atoms with E-state index in [1.54, 1.807) is 20.8 Å². The molecule has 2 aliphatic rings. The van der Waals surface area contributed by atoms with Gasteiger partial charge in [-0.05, 0) is 56.9 Å². The third kappa shape index (κ3) is 4.14. The van der Waals surface area contributed by atoms with E-state index < -0.39 is 82.6 Å². The Kier molecular flexibility index (Phi) is 6.34. The number of ether oxygens (including phenoxy) is 1. The zero-order valence-corrected chi connectivity index (χ0v) is 20.5. The Morgan fingerprint density at radius 1 is 0.973 bits per heavy atom. The molecule has 10 heteroatoms. The summed E-state index contributed by atoms with van der Waals surface area (Å²) in [7, 11) is 0. The number of fused-ring (bicyclic) bond motifs is 1. The van der Waals surface area contributed by atoms with Gasteiger partial charge in [-0.1, -0.05) is 36.4 Å². The molecule has 4 rings (SSSR count). The summed E-state index contributed by atoms with van der Waals surface area (Å²) in [6, 6.07) is 10.9. The molecule has 37 heavy (non-hydrogen) atoms. The van der Waals surface area contributed by atoms with Gasteiger partial charge in [0, 0.05) is 11.3 Å². The summed E-state index contributed by atoms with van der Waals surface area (Å²) >= 11 is 0. The number of aliphatic carboxylic acids is 2. The van der Waals surface area contributed by atoms with Crippen molar-refractivity contribution in [3.05, 3.63) is 71.3 Å². The fraction of sp³-hybridized carbons (Fsp3) is 0.407. The highest BCUT2D eigenvalue weighted by Crippen LogP contribution is 2.74. The molecule has 196 valence electrons. The lowest BCUT2D eigenvalue weighted by Gasteiger charge is -2.41. The second-order valence-corrected chi connectivity index (χ2v) is 10.6. The lowest BCUT2D eigenvalue weighted by atomic mass is 9.68.